The number of para-hydroxylation sites is 1. The molecule has 36 heavy (non-hydrogen) atoms. The Labute approximate surface area is 227 Å². The summed E-state index contributed by atoms with van der Waals surface area (Å²) in [4.78, 5) is 28.7. The number of benzene rings is 3. The molecule has 0 aliphatic rings. The second-order valence-corrected chi connectivity index (χ2v) is 10.6. The third kappa shape index (κ3) is 7.89. The monoisotopic (exact) mass is 546 g/mol. The average Bonchev–Trinajstić information content (AvgIpc) is 2.82. The smallest absolute Gasteiger partial charge is 0.261 e. The molecular weight excluding hydrogens is 519 g/mol. The van der Waals surface area contributed by atoms with Crippen LogP contribution in [0.2, 0.25) is 15.1 Å². The standard InChI is InChI=1S/C28H29Cl3N2O3/c1-28(2,3)32-27(35)24(16-19-10-5-4-6-11-19)33(17-20-21(29)13-9-14-22(20)30)26(34)18-36-25-15-8-7-12-23(25)31/h4-15,24H,16-18H2,1-3H3,(H,32,35). The molecule has 2 amide bonds. The van der Waals surface area contributed by atoms with Gasteiger partial charge in [-0.15, -0.1) is 0 Å². The van der Waals surface area contributed by atoms with Crippen molar-refractivity contribution in [3.05, 3.63) is 99.0 Å². The SMILES string of the molecule is CC(C)(C)NC(=O)C(Cc1ccccc1)N(Cc1c(Cl)cccc1Cl)C(=O)COc1ccccc1Cl. The minimum absolute atomic E-state index is 0.0261. The van der Waals surface area contributed by atoms with E-state index in [1.54, 1.807) is 42.5 Å². The first-order valence-electron chi connectivity index (χ1n) is 11.5. The summed E-state index contributed by atoms with van der Waals surface area (Å²) in [5.74, 6) is -0.321. The predicted molar refractivity (Wildman–Crippen MR) is 146 cm³/mol. The van der Waals surface area contributed by atoms with Gasteiger partial charge in [0.2, 0.25) is 5.91 Å². The first-order valence-corrected chi connectivity index (χ1v) is 12.6. The van der Waals surface area contributed by atoms with Crippen molar-refractivity contribution in [3.8, 4) is 5.75 Å². The van der Waals surface area contributed by atoms with Crippen LogP contribution >= 0.6 is 34.8 Å². The molecule has 1 N–H and O–H groups in total. The predicted octanol–water partition coefficient (Wildman–Crippen LogP) is 6.58. The largest absolute Gasteiger partial charge is 0.482 e. The highest BCUT2D eigenvalue weighted by Crippen LogP contribution is 2.28. The van der Waals surface area contributed by atoms with Crippen molar-refractivity contribution in [2.45, 2.75) is 45.3 Å². The fraction of sp³-hybridized carbons (Fsp3) is 0.286. The van der Waals surface area contributed by atoms with Crippen LogP contribution in [0.15, 0.2) is 72.8 Å². The topological polar surface area (TPSA) is 58.6 Å². The number of carbonyl (C=O) groups excluding carboxylic acids is 2. The van der Waals surface area contributed by atoms with E-state index < -0.39 is 17.5 Å². The lowest BCUT2D eigenvalue weighted by molar-refractivity contribution is -0.143. The van der Waals surface area contributed by atoms with Crippen molar-refractivity contribution in [2.24, 2.45) is 0 Å². The Bertz CT molecular complexity index is 1180. The number of nitrogens with one attached hydrogen (secondary N) is 1. The molecule has 0 heterocycles. The van der Waals surface area contributed by atoms with E-state index in [1.807, 2.05) is 51.1 Å². The second-order valence-electron chi connectivity index (χ2n) is 9.39. The van der Waals surface area contributed by atoms with E-state index in [0.717, 1.165) is 5.56 Å². The summed E-state index contributed by atoms with van der Waals surface area (Å²) in [7, 11) is 0. The molecule has 1 atom stereocenters. The molecule has 0 radical (unpaired) electrons. The normalized spacial score (nSPS) is 12.1. The van der Waals surface area contributed by atoms with Crippen molar-refractivity contribution in [3.63, 3.8) is 0 Å². The highest BCUT2D eigenvalue weighted by molar-refractivity contribution is 6.36. The summed E-state index contributed by atoms with van der Waals surface area (Å²) in [5.41, 5.74) is 0.951. The lowest BCUT2D eigenvalue weighted by Gasteiger charge is -2.34. The maximum absolute atomic E-state index is 13.6. The number of nitrogens with zero attached hydrogens (tertiary/aromatic N) is 1. The third-order valence-corrected chi connectivity index (χ3v) is 6.37. The summed E-state index contributed by atoms with van der Waals surface area (Å²) in [6.45, 7) is 5.38. The van der Waals surface area contributed by atoms with E-state index in [-0.39, 0.29) is 19.1 Å². The molecule has 190 valence electrons. The molecule has 5 nitrogen and oxygen atoms in total. The van der Waals surface area contributed by atoms with Gasteiger partial charge in [0.25, 0.3) is 5.91 Å². The van der Waals surface area contributed by atoms with Crippen LogP contribution in [0.4, 0.5) is 0 Å². The second kappa shape index (κ2) is 12.5. The van der Waals surface area contributed by atoms with E-state index in [0.29, 0.717) is 32.8 Å². The fourth-order valence-corrected chi connectivity index (χ4v) is 4.35. The number of hydrogen-bond acceptors (Lipinski definition) is 3. The Morgan fingerprint density at radius 1 is 0.861 bits per heavy atom. The Kier molecular flexibility index (Phi) is 9.66. The molecule has 3 rings (SSSR count). The number of amides is 2. The highest BCUT2D eigenvalue weighted by Gasteiger charge is 2.33. The number of ether oxygens (including phenoxy) is 1. The molecule has 3 aromatic carbocycles. The van der Waals surface area contributed by atoms with Gasteiger partial charge in [-0.1, -0.05) is 83.3 Å². The van der Waals surface area contributed by atoms with Crippen LogP contribution in [-0.2, 0) is 22.6 Å². The van der Waals surface area contributed by atoms with E-state index in [9.17, 15) is 9.59 Å². The van der Waals surface area contributed by atoms with Crippen LogP contribution in [0.25, 0.3) is 0 Å². The molecule has 0 saturated heterocycles. The van der Waals surface area contributed by atoms with Crippen molar-refractivity contribution in [1.29, 1.82) is 0 Å². The van der Waals surface area contributed by atoms with Crippen LogP contribution in [0, 0.1) is 0 Å². The van der Waals surface area contributed by atoms with Gasteiger partial charge in [0.1, 0.15) is 11.8 Å². The molecule has 0 aliphatic heterocycles. The number of rotatable bonds is 9. The van der Waals surface area contributed by atoms with Gasteiger partial charge in [0.15, 0.2) is 6.61 Å². The maximum Gasteiger partial charge on any atom is 0.261 e. The maximum atomic E-state index is 13.6. The highest BCUT2D eigenvalue weighted by atomic mass is 35.5. The number of hydrogen-bond donors (Lipinski definition) is 1. The lowest BCUT2D eigenvalue weighted by Crippen LogP contribution is -2.55. The zero-order valence-corrected chi connectivity index (χ0v) is 22.7. The molecule has 0 aromatic heterocycles. The minimum Gasteiger partial charge on any atom is -0.482 e. The van der Waals surface area contributed by atoms with Gasteiger partial charge < -0.3 is 15.0 Å². The fourth-order valence-electron chi connectivity index (χ4n) is 3.64. The van der Waals surface area contributed by atoms with E-state index in [4.69, 9.17) is 39.5 Å². The summed E-state index contributed by atoms with van der Waals surface area (Å²) in [6, 6.07) is 20.7. The van der Waals surface area contributed by atoms with E-state index in [1.165, 1.54) is 4.90 Å². The summed E-state index contributed by atoms with van der Waals surface area (Å²) in [5, 5.41) is 4.21. The first kappa shape index (κ1) is 27.9. The number of carbonyl (C=O) groups is 2. The van der Waals surface area contributed by atoms with Crippen LogP contribution in [-0.4, -0.2) is 34.9 Å². The van der Waals surface area contributed by atoms with E-state index in [2.05, 4.69) is 5.32 Å². The van der Waals surface area contributed by atoms with Crippen LogP contribution in [0.1, 0.15) is 31.9 Å². The Hall–Kier alpha value is -2.73. The van der Waals surface area contributed by atoms with Gasteiger partial charge in [0.05, 0.1) is 5.02 Å². The van der Waals surface area contributed by atoms with Gasteiger partial charge in [-0.3, -0.25) is 9.59 Å². The minimum atomic E-state index is -0.846. The van der Waals surface area contributed by atoms with Gasteiger partial charge in [-0.05, 0) is 50.6 Å². The van der Waals surface area contributed by atoms with Gasteiger partial charge in [-0.25, -0.2) is 0 Å². The van der Waals surface area contributed by atoms with E-state index >= 15 is 0 Å². The average molecular weight is 548 g/mol. The molecular formula is C28H29Cl3N2O3. The van der Waals surface area contributed by atoms with Crippen molar-refractivity contribution in [2.75, 3.05) is 6.61 Å². The van der Waals surface area contributed by atoms with Gasteiger partial charge in [-0.2, -0.15) is 0 Å². The summed E-state index contributed by atoms with van der Waals surface area (Å²) >= 11 is 19.1. The Morgan fingerprint density at radius 2 is 1.44 bits per heavy atom. The third-order valence-electron chi connectivity index (χ3n) is 5.35. The summed E-state index contributed by atoms with van der Waals surface area (Å²) in [6.07, 6.45) is 0.294. The van der Waals surface area contributed by atoms with Crippen molar-refractivity contribution < 1.29 is 14.3 Å². The Balaban J connectivity index is 1.99. The van der Waals surface area contributed by atoms with Crippen molar-refractivity contribution >= 4 is 46.6 Å². The molecule has 1 unspecified atom stereocenters. The molecule has 3 aromatic rings. The van der Waals surface area contributed by atoms with Gasteiger partial charge >= 0.3 is 0 Å². The molecule has 0 saturated carbocycles. The molecule has 0 fully saturated rings. The van der Waals surface area contributed by atoms with Crippen LogP contribution in [0.5, 0.6) is 5.75 Å². The molecule has 8 heteroatoms. The van der Waals surface area contributed by atoms with Crippen molar-refractivity contribution in [1.82, 2.24) is 10.2 Å². The zero-order chi connectivity index (χ0) is 26.3. The van der Waals surface area contributed by atoms with Crippen LogP contribution < -0.4 is 10.1 Å². The molecule has 0 spiro atoms. The first-order chi connectivity index (χ1) is 17.0. The zero-order valence-electron chi connectivity index (χ0n) is 20.4. The number of halogens is 3. The van der Waals surface area contributed by atoms with Gasteiger partial charge in [0, 0.05) is 34.1 Å². The molecule has 0 aliphatic carbocycles. The quantitative estimate of drug-likeness (QED) is 0.329. The lowest BCUT2D eigenvalue weighted by atomic mass is 10.0. The Morgan fingerprint density at radius 3 is 2.06 bits per heavy atom. The van der Waals surface area contributed by atoms with Crippen LogP contribution in [0.3, 0.4) is 0 Å². The molecule has 0 bridgehead atoms. The summed E-state index contributed by atoms with van der Waals surface area (Å²) < 4.78 is 5.74.